The van der Waals surface area contributed by atoms with Gasteiger partial charge in [0.2, 0.25) is 0 Å². The molecule has 24 heavy (non-hydrogen) atoms. The highest BCUT2D eigenvalue weighted by atomic mass is 127. The Morgan fingerprint density at radius 1 is 1.46 bits per heavy atom. The number of hydrogen-bond donors (Lipinski definition) is 3. The Labute approximate surface area is 170 Å². The number of aromatic nitrogens is 1. The number of nitrogens with one attached hydrogen (secondary N) is 2. The largest absolute Gasteiger partial charge is 0.370 e. The zero-order valence-corrected chi connectivity index (χ0v) is 17.6. The molecule has 0 radical (unpaired) electrons. The molecule has 2 heterocycles. The quantitative estimate of drug-likeness (QED) is 0.239. The van der Waals surface area contributed by atoms with E-state index >= 15 is 0 Å². The third kappa shape index (κ3) is 6.78. The highest BCUT2D eigenvalue weighted by molar-refractivity contribution is 14.0. The molecule has 1 aliphatic rings. The van der Waals surface area contributed by atoms with Gasteiger partial charge in [-0.15, -0.1) is 24.0 Å². The summed E-state index contributed by atoms with van der Waals surface area (Å²) in [5, 5.41) is 7.23. The van der Waals surface area contributed by atoms with Crippen LogP contribution in [0.2, 0.25) is 10.0 Å². The second-order valence-electron chi connectivity index (χ2n) is 5.49. The van der Waals surface area contributed by atoms with E-state index in [4.69, 9.17) is 28.9 Å². The molecule has 0 amide bonds. The van der Waals surface area contributed by atoms with Crippen molar-refractivity contribution in [3.8, 4) is 0 Å². The van der Waals surface area contributed by atoms with Crippen molar-refractivity contribution in [1.82, 2.24) is 15.2 Å². The molecule has 0 aromatic carbocycles. The van der Waals surface area contributed by atoms with Crippen LogP contribution >= 0.6 is 47.2 Å². The molecule has 136 valence electrons. The molecule has 1 aromatic heterocycles. The van der Waals surface area contributed by atoms with Gasteiger partial charge in [-0.25, -0.2) is 4.98 Å². The molecular weight excluding hydrogens is 462 g/mol. The number of halogens is 3. The van der Waals surface area contributed by atoms with Gasteiger partial charge in [0.25, 0.3) is 0 Å². The van der Waals surface area contributed by atoms with E-state index in [1.165, 1.54) is 19.4 Å². The monoisotopic (exact) mass is 486 g/mol. The van der Waals surface area contributed by atoms with Crippen molar-refractivity contribution < 1.29 is 0 Å². The van der Waals surface area contributed by atoms with Crippen molar-refractivity contribution in [3.63, 3.8) is 0 Å². The summed E-state index contributed by atoms with van der Waals surface area (Å²) in [6, 6.07) is 2.18. The minimum atomic E-state index is 0. The van der Waals surface area contributed by atoms with Crippen LogP contribution in [0.3, 0.4) is 0 Å². The summed E-state index contributed by atoms with van der Waals surface area (Å²) in [6.45, 7) is 6.46. The zero-order chi connectivity index (χ0) is 16.7. The Balaban J connectivity index is 0.00000288. The van der Waals surface area contributed by atoms with E-state index in [1.54, 1.807) is 12.3 Å². The van der Waals surface area contributed by atoms with Gasteiger partial charge in [-0.05, 0) is 32.0 Å². The summed E-state index contributed by atoms with van der Waals surface area (Å²) in [5.41, 5.74) is 5.90. The Hall–Kier alpha value is -0.510. The van der Waals surface area contributed by atoms with Crippen LogP contribution in [-0.4, -0.2) is 54.6 Å². The van der Waals surface area contributed by atoms with Gasteiger partial charge in [-0.2, -0.15) is 0 Å². The maximum Gasteiger partial charge on any atom is 0.188 e. The fraction of sp³-hybridized carbons (Fsp3) is 0.600. The summed E-state index contributed by atoms with van der Waals surface area (Å²) in [4.78, 5) is 11.0. The van der Waals surface area contributed by atoms with Gasteiger partial charge in [0.05, 0.1) is 16.6 Å². The first-order valence-electron chi connectivity index (χ1n) is 7.93. The van der Waals surface area contributed by atoms with Crippen LogP contribution in [0.4, 0.5) is 5.82 Å². The predicted octanol–water partition coefficient (Wildman–Crippen LogP) is 2.81. The van der Waals surface area contributed by atoms with Gasteiger partial charge in [0.1, 0.15) is 5.82 Å². The number of hydrogen-bond acceptors (Lipinski definition) is 4. The van der Waals surface area contributed by atoms with Crippen LogP contribution in [0, 0.1) is 0 Å². The zero-order valence-electron chi connectivity index (χ0n) is 13.8. The van der Waals surface area contributed by atoms with Gasteiger partial charge < -0.3 is 16.4 Å². The van der Waals surface area contributed by atoms with Crippen molar-refractivity contribution in [2.24, 2.45) is 10.7 Å². The number of rotatable bonds is 7. The minimum Gasteiger partial charge on any atom is -0.370 e. The minimum absolute atomic E-state index is 0. The molecule has 1 saturated heterocycles. The van der Waals surface area contributed by atoms with Gasteiger partial charge in [0, 0.05) is 25.3 Å². The van der Waals surface area contributed by atoms with Gasteiger partial charge >= 0.3 is 0 Å². The van der Waals surface area contributed by atoms with Gasteiger partial charge in [-0.3, -0.25) is 9.89 Å². The highest BCUT2D eigenvalue weighted by Crippen LogP contribution is 2.22. The number of nitrogens with two attached hydrogens (primary N) is 1. The first-order chi connectivity index (χ1) is 11.1. The average molecular weight is 487 g/mol. The first kappa shape index (κ1) is 21.5. The van der Waals surface area contributed by atoms with E-state index < -0.39 is 0 Å². The molecule has 4 N–H and O–H groups in total. The topological polar surface area (TPSA) is 78.6 Å². The highest BCUT2D eigenvalue weighted by Gasteiger charge is 2.22. The lowest BCUT2D eigenvalue weighted by molar-refractivity contribution is 0.273. The lowest BCUT2D eigenvalue weighted by atomic mass is 10.2. The van der Waals surface area contributed by atoms with Gasteiger partial charge in [-0.1, -0.05) is 30.1 Å². The summed E-state index contributed by atoms with van der Waals surface area (Å²) in [5.74, 6) is 1.09. The molecule has 1 aromatic rings. The smallest absolute Gasteiger partial charge is 0.188 e. The number of likely N-dealkylation sites (tertiary alicyclic amines) is 1. The predicted molar refractivity (Wildman–Crippen MR) is 113 cm³/mol. The lowest BCUT2D eigenvalue weighted by Crippen LogP contribution is -2.37. The van der Waals surface area contributed by atoms with E-state index in [1.807, 2.05) is 0 Å². The molecule has 1 unspecified atom stereocenters. The van der Waals surface area contributed by atoms with Crippen molar-refractivity contribution in [2.45, 2.75) is 25.8 Å². The van der Waals surface area contributed by atoms with Crippen molar-refractivity contribution >= 4 is 59.0 Å². The van der Waals surface area contributed by atoms with Gasteiger partial charge in [0.15, 0.2) is 5.96 Å². The Morgan fingerprint density at radius 3 is 2.96 bits per heavy atom. The third-order valence-corrected chi connectivity index (χ3v) is 4.40. The number of guanidine groups is 1. The summed E-state index contributed by atoms with van der Waals surface area (Å²) < 4.78 is 0. The van der Waals surface area contributed by atoms with E-state index in [-0.39, 0.29) is 24.0 Å². The third-order valence-electron chi connectivity index (χ3n) is 3.91. The standard InChI is InChI=1S/C15H24Cl2N6.HI/c1-2-23-7-3-4-12(23)10-22-15(18)20-6-5-19-14-13(17)8-11(16)9-21-14;/h8-9,12H,2-7,10H2,1H3,(H,19,21)(H3,18,20,22);1H. The normalized spacial score (nSPS) is 18.3. The molecule has 6 nitrogen and oxygen atoms in total. The molecule has 1 fully saturated rings. The fourth-order valence-corrected chi connectivity index (χ4v) is 3.14. The fourth-order valence-electron chi connectivity index (χ4n) is 2.69. The molecule has 0 spiro atoms. The maximum absolute atomic E-state index is 6.04. The number of likely N-dealkylation sites (N-methyl/N-ethyl adjacent to an activating group) is 1. The van der Waals surface area contributed by atoms with Crippen molar-refractivity contribution in [3.05, 3.63) is 22.3 Å². The Kier molecular flexibility index (Phi) is 10.0. The van der Waals surface area contributed by atoms with E-state index in [0.717, 1.165) is 13.1 Å². The molecule has 2 rings (SSSR count). The first-order valence-corrected chi connectivity index (χ1v) is 8.68. The molecule has 9 heteroatoms. The number of nitrogens with zero attached hydrogens (tertiary/aromatic N) is 3. The number of aliphatic imine (C=N–C) groups is 1. The van der Waals surface area contributed by atoms with Crippen LogP contribution in [0.25, 0.3) is 0 Å². The maximum atomic E-state index is 6.04. The van der Waals surface area contributed by atoms with Crippen LogP contribution in [0.5, 0.6) is 0 Å². The van der Waals surface area contributed by atoms with Crippen LogP contribution in [0.1, 0.15) is 19.8 Å². The van der Waals surface area contributed by atoms with Crippen molar-refractivity contribution in [2.75, 3.05) is 38.0 Å². The van der Waals surface area contributed by atoms with E-state index in [2.05, 4.69) is 32.4 Å². The lowest BCUT2D eigenvalue weighted by Gasteiger charge is -2.21. The molecule has 0 bridgehead atoms. The molecule has 1 aliphatic heterocycles. The second-order valence-corrected chi connectivity index (χ2v) is 6.33. The van der Waals surface area contributed by atoms with Crippen LogP contribution in [-0.2, 0) is 0 Å². The van der Waals surface area contributed by atoms with Crippen LogP contribution in [0.15, 0.2) is 17.3 Å². The van der Waals surface area contributed by atoms with Crippen molar-refractivity contribution in [1.29, 1.82) is 0 Å². The number of pyridine rings is 1. The molecule has 0 aliphatic carbocycles. The summed E-state index contributed by atoms with van der Waals surface area (Å²) in [6.07, 6.45) is 4.01. The molecule has 1 atom stereocenters. The van der Waals surface area contributed by atoms with Crippen LogP contribution < -0.4 is 16.4 Å². The SMILES string of the molecule is CCN1CCCC1CN=C(N)NCCNc1ncc(Cl)cc1Cl.I. The molecular formula is C15H25Cl2IN6. The molecule has 0 saturated carbocycles. The second kappa shape index (κ2) is 11.2. The summed E-state index contributed by atoms with van der Waals surface area (Å²) in [7, 11) is 0. The Morgan fingerprint density at radius 2 is 2.25 bits per heavy atom. The Bertz CT molecular complexity index is 543. The average Bonchev–Trinajstić information content (AvgIpc) is 2.98. The number of anilines is 1. The van der Waals surface area contributed by atoms with E-state index in [0.29, 0.717) is 41.0 Å². The van der Waals surface area contributed by atoms with E-state index in [9.17, 15) is 0 Å². The summed E-state index contributed by atoms with van der Waals surface area (Å²) >= 11 is 11.8.